The maximum Gasteiger partial charge on any atom is 0.173 e. The molecule has 1 saturated heterocycles. The highest BCUT2D eigenvalue weighted by molar-refractivity contribution is 5.64. The summed E-state index contributed by atoms with van der Waals surface area (Å²) in [4.78, 5) is 9.15. The Balaban J connectivity index is 1.42. The first kappa shape index (κ1) is 17.1. The molecule has 2 aliphatic rings. The molecular formula is C22H23FN6. The minimum absolute atomic E-state index is 0.315. The van der Waals surface area contributed by atoms with E-state index in [0.717, 1.165) is 53.2 Å². The molecule has 148 valence electrons. The molecule has 0 bridgehead atoms. The third-order valence-corrected chi connectivity index (χ3v) is 6.45. The molecule has 1 saturated carbocycles. The molecule has 6 nitrogen and oxygen atoms in total. The van der Waals surface area contributed by atoms with Crippen LogP contribution in [0.25, 0.3) is 22.6 Å². The first-order chi connectivity index (χ1) is 14.0. The fourth-order valence-electron chi connectivity index (χ4n) is 4.74. The molecule has 1 aliphatic carbocycles. The maximum absolute atomic E-state index is 15.0. The van der Waals surface area contributed by atoms with Crippen LogP contribution in [-0.2, 0) is 0 Å². The Morgan fingerprint density at radius 3 is 2.79 bits per heavy atom. The van der Waals surface area contributed by atoms with Crippen molar-refractivity contribution in [2.24, 2.45) is 0 Å². The van der Waals surface area contributed by atoms with Gasteiger partial charge in [-0.1, -0.05) is 0 Å². The first-order valence-electron chi connectivity index (χ1n) is 10.3. The Bertz CT molecular complexity index is 1270. The van der Waals surface area contributed by atoms with Crippen molar-refractivity contribution in [3.8, 4) is 11.3 Å². The summed E-state index contributed by atoms with van der Waals surface area (Å²) >= 11 is 0. The van der Waals surface area contributed by atoms with Crippen molar-refractivity contribution in [1.82, 2.24) is 29.3 Å². The van der Waals surface area contributed by atoms with E-state index in [2.05, 4.69) is 20.4 Å². The summed E-state index contributed by atoms with van der Waals surface area (Å²) in [7, 11) is 0. The van der Waals surface area contributed by atoms with E-state index in [9.17, 15) is 4.39 Å². The predicted octanol–water partition coefficient (Wildman–Crippen LogP) is 3.80. The smallest absolute Gasteiger partial charge is 0.173 e. The number of imidazole rings is 2. The highest BCUT2D eigenvalue weighted by atomic mass is 19.1. The van der Waals surface area contributed by atoms with Crippen LogP contribution in [0.15, 0.2) is 30.7 Å². The van der Waals surface area contributed by atoms with Crippen molar-refractivity contribution < 1.29 is 4.39 Å². The fourth-order valence-corrected chi connectivity index (χ4v) is 4.74. The number of aromatic nitrogens is 5. The first-order valence-corrected chi connectivity index (χ1v) is 10.3. The van der Waals surface area contributed by atoms with Gasteiger partial charge in [-0.3, -0.25) is 0 Å². The lowest BCUT2D eigenvalue weighted by Gasteiger charge is -2.29. The van der Waals surface area contributed by atoms with Gasteiger partial charge in [0.15, 0.2) is 17.1 Å². The van der Waals surface area contributed by atoms with E-state index in [1.165, 1.54) is 18.9 Å². The van der Waals surface area contributed by atoms with E-state index in [4.69, 9.17) is 0 Å². The Labute approximate surface area is 167 Å². The molecular weight excluding hydrogens is 367 g/mol. The lowest BCUT2D eigenvalue weighted by atomic mass is 9.88. The van der Waals surface area contributed by atoms with Crippen molar-refractivity contribution in [3.63, 3.8) is 0 Å². The summed E-state index contributed by atoms with van der Waals surface area (Å²) in [6.07, 6.45) is 10.5. The lowest BCUT2D eigenvalue weighted by Crippen LogP contribution is -2.39. The van der Waals surface area contributed by atoms with Gasteiger partial charge in [-0.05, 0) is 63.8 Å². The zero-order valence-corrected chi connectivity index (χ0v) is 16.6. The predicted molar refractivity (Wildman–Crippen MR) is 109 cm³/mol. The van der Waals surface area contributed by atoms with Crippen LogP contribution in [0.1, 0.15) is 48.6 Å². The molecule has 6 rings (SSSR count). The highest BCUT2D eigenvalue weighted by Crippen LogP contribution is 2.46. The van der Waals surface area contributed by atoms with Crippen molar-refractivity contribution in [1.29, 1.82) is 0 Å². The molecule has 0 amide bonds. The number of rotatable bonds is 2. The average Bonchev–Trinajstić information content (AvgIpc) is 3.13. The van der Waals surface area contributed by atoms with Gasteiger partial charge in [-0.25, -0.2) is 18.9 Å². The molecule has 0 aromatic carbocycles. The molecule has 7 heteroatoms. The number of piperidine rings is 1. The van der Waals surface area contributed by atoms with Crippen LogP contribution in [0.5, 0.6) is 0 Å². The van der Waals surface area contributed by atoms with Gasteiger partial charge >= 0.3 is 0 Å². The van der Waals surface area contributed by atoms with Gasteiger partial charge in [0, 0.05) is 29.4 Å². The van der Waals surface area contributed by atoms with Crippen LogP contribution in [0.4, 0.5) is 4.39 Å². The second-order valence-corrected chi connectivity index (χ2v) is 8.73. The second-order valence-electron chi connectivity index (χ2n) is 8.73. The van der Waals surface area contributed by atoms with E-state index < -0.39 is 0 Å². The molecule has 4 aromatic rings. The summed E-state index contributed by atoms with van der Waals surface area (Å²) < 4.78 is 18.5. The van der Waals surface area contributed by atoms with Crippen molar-refractivity contribution in [2.45, 2.75) is 51.0 Å². The van der Waals surface area contributed by atoms with Crippen LogP contribution in [-0.4, -0.2) is 36.1 Å². The molecule has 1 aliphatic heterocycles. The Kier molecular flexibility index (Phi) is 3.45. The summed E-state index contributed by atoms with van der Waals surface area (Å²) in [5.74, 6) is 0.0809. The second kappa shape index (κ2) is 5.86. The normalized spacial score (nSPS) is 20.7. The van der Waals surface area contributed by atoms with Crippen LogP contribution in [0.2, 0.25) is 0 Å². The molecule has 1 N–H and O–H groups in total. The van der Waals surface area contributed by atoms with E-state index in [1.807, 2.05) is 42.9 Å². The van der Waals surface area contributed by atoms with Gasteiger partial charge in [0.05, 0.1) is 23.3 Å². The zero-order valence-electron chi connectivity index (χ0n) is 16.6. The topological polar surface area (TPSA) is 59.5 Å². The van der Waals surface area contributed by atoms with Gasteiger partial charge in [0.1, 0.15) is 0 Å². The highest BCUT2D eigenvalue weighted by Gasteiger charge is 2.46. The minimum atomic E-state index is -0.315. The van der Waals surface area contributed by atoms with E-state index in [0.29, 0.717) is 17.1 Å². The van der Waals surface area contributed by atoms with E-state index in [-0.39, 0.29) is 5.82 Å². The number of fused-ring (bicyclic) bond motifs is 2. The van der Waals surface area contributed by atoms with E-state index in [1.54, 1.807) is 4.52 Å². The number of aryl methyl sites for hydroxylation is 2. The third-order valence-electron chi connectivity index (χ3n) is 6.45. The minimum Gasteiger partial charge on any atom is -0.311 e. The number of halogens is 1. The van der Waals surface area contributed by atoms with Gasteiger partial charge in [-0.2, -0.15) is 5.10 Å². The molecule has 29 heavy (non-hydrogen) atoms. The zero-order chi connectivity index (χ0) is 19.8. The summed E-state index contributed by atoms with van der Waals surface area (Å²) in [5.41, 5.74) is 5.93. The number of pyridine rings is 1. The molecule has 5 heterocycles. The number of hydrogen-bond acceptors (Lipinski definition) is 4. The van der Waals surface area contributed by atoms with Crippen molar-refractivity contribution in [3.05, 3.63) is 53.5 Å². The number of nitrogens with zero attached hydrogens (tertiary/aromatic N) is 5. The summed E-state index contributed by atoms with van der Waals surface area (Å²) in [6.45, 7) is 4.96. The molecule has 2 fully saturated rings. The Morgan fingerprint density at radius 2 is 1.97 bits per heavy atom. The average molecular weight is 390 g/mol. The van der Waals surface area contributed by atoms with E-state index >= 15 is 0 Å². The van der Waals surface area contributed by atoms with Crippen molar-refractivity contribution >= 4 is 11.3 Å². The van der Waals surface area contributed by atoms with Gasteiger partial charge in [0.2, 0.25) is 0 Å². The molecule has 1 spiro atoms. The van der Waals surface area contributed by atoms with Crippen LogP contribution in [0, 0.1) is 19.7 Å². The van der Waals surface area contributed by atoms with Gasteiger partial charge < -0.3 is 9.72 Å². The molecule has 4 aromatic heterocycles. The lowest BCUT2D eigenvalue weighted by molar-refractivity contribution is 0.342. The SMILES string of the molecule is Cc1cn2nc(-c3cc(F)c4nc(C5CCNC6(CC6)C5)cn4c3)cc(C)c2n1. The Morgan fingerprint density at radius 1 is 1.10 bits per heavy atom. The van der Waals surface area contributed by atoms with Gasteiger partial charge in [-0.15, -0.1) is 0 Å². The molecule has 1 unspecified atom stereocenters. The van der Waals surface area contributed by atoms with Crippen molar-refractivity contribution in [2.75, 3.05) is 6.54 Å². The summed E-state index contributed by atoms with van der Waals surface area (Å²) in [6, 6.07) is 3.50. The quantitative estimate of drug-likeness (QED) is 0.566. The van der Waals surface area contributed by atoms with Crippen LogP contribution >= 0.6 is 0 Å². The number of hydrogen-bond donors (Lipinski definition) is 1. The van der Waals surface area contributed by atoms with Crippen LogP contribution < -0.4 is 5.32 Å². The van der Waals surface area contributed by atoms with Gasteiger partial charge in [0.25, 0.3) is 0 Å². The molecule has 1 atom stereocenters. The molecule has 0 radical (unpaired) electrons. The fraction of sp³-hybridized carbons (Fsp3) is 0.409. The number of nitrogens with one attached hydrogen (secondary N) is 1. The monoisotopic (exact) mass is 390 g/mol. The largest absolute Gasteiger partial charge is 0.311 e. The third kappa shape index (κ3) is 2.75. The van der Waals surface area contributed by atoms with Crippen LogP contribution in [0.3, 0.4) is 0 Å². The maximum atomic E-state index is 15.0. The standard InChI is InChI=1S/C22H23FN6/c1-13-7-18(27-29-10-14(2)25-20(13)29)16-8-17(23)21-26-19(12-28(21)11-16)15-3-6-24-22(9-15)4-5-22/h7-8,10-12,15,24H,3-6,9H2,1-2H3. The Hall–Kier alpha value is -2.80. The summed E-state index contributed by atoms with van der Waals surface area (Å²) in [5, 5.41) is 8.29.